The number of ketones is 1. The van der Waals surface area contributed by atoms with E-state index in [9.17, 15) is 9.59 Å². The molecule has 0 heterocycles. The number of rotatable bonds is 8. The fourth-order valence-corrected chi connectivity index (χ4v) is 2.43. The van der Waals surface area contributed by atoms with Gasteiger partial charge in [0.05, 0.1) is 19.3 Å². The van der Waals surface area contributed by atoms with Crippen molar-refractivity contribution in [2.24, 2.45) is 5.92 Å². The third-order valence-electron chi connectivity index (χ3n) is 3.75. The third-order valence-corrected chi connectivity index (χ3v) is 4.01. The fraction of sp³-hybridized carbons (Fsp3) is 0.333. The molecule has 0 aromatic heterocycles. The van der Waals surface area contributed by atoms with Gasteiger partial charge in [-0.25, -0.2) is 4.79 Å². The van der Waals surface area contributed by atoms with Crippen molar-refractivity contribution in [2.75, 3.05) is 13.7 Å². The molecule has 1 atom stereocenters. The highest BCUT2D eigenvalue weighted by Crippen LogP contribution is 2.29. The molecule has 2 rings (SSSR count). The van der Waals surface area contributed by atoms with Crippen molar-refractivity contribution >= 4 is 23.4 Å². The molecular weight excluding hydrogens is 368 g/mol. The number of carbonyl (C=O) groups excluding carboxylic acids is 2. The number of ether oxygens (including phenoxy) is 3. The highest BCUT2D eigenvalue weighted by Gasteiger charge is 2.21. The Bertz CT molecular complexity index is 799. The Hall–Kier alpha value is -2.53. The maximum Gasteiger partial charge on any atom is 0.338 e. The topological polar surface area (TPSA) is 61.8 Å². The second kappa shape index (κ2) is 9.42. The Morgan fingerprint density at radius 3 is 2.19 bits per heavy atom. The summed E-state index contributed by atoms with van der Waals surface area (Å²) in [7, 11) is 1.50. The van der Waals surface area contributed by atoms with E-state index in [2.05, 4.69) is 0 Å². The largest absolute Gasteiger partial charge is 0.493 e. The van der Waals surface area contributed by atoms with E-state index in [4.69, 9.17) is 25.8 Å². The predicted octanol–water partition coefficient (Wildman–Crippen LogP) is 4.81. The quantitative estimate of drug-likeness (QED) is 0.478. The lowest BCUT2D eigenvalue weighted by Crippen LogP contribution is -2.24. The van der Waals surface area contributed by atoms with Crippen molar-refractivity contribution in [1.29, 1.82) is 0 Å². The molecule has 2 aromatic rings. The molecule has 0 bridgehead atoms. The van der Waals surface area contributed by atoms with Gasteiger partial charge in [0.2, 0.25) is 5.78 Å². The first kappa shape index (κ1) is 20.8. The van der Waals surface area contributed by atoms with Gasteiger partial charge in [0, 0.05) is 10.6 Å². The molecule has 0 N–H and O–H groups in total. The number of halogens is 1. The minimum absolute atomic E-state index is 0.277. The van der Waals surface area contributed by atoms with Crippen LogP contribution in [0, 0.1) is 5.92 Å². The Labute approximate surface area is 164 Å². The van der Waals surface area contributed by atoms with Crippen LogP contribution in [0.5, 0.6) is 11.5 Å². The van der Waals surface area contributed by atoms with Crippen LogP contribution in [0.2, 0.25) is 5.02 Å². The number of hydrogen-bond acceptors (Lipinski definition) is 5. The molecule has 0 fully saturated rings. The van der Waals surface area contributed by atoms with E-state index in [1.165, 1.54) is 20.1 Å². The summed E-state index contributed by atoms with van der Waals surface area (Å²) in [6, 6.07) is 11.2. The molecule has 0 spiro atoms. The van der Waals surface area contributed by atoms with Crippen LogP contribution in [-0.4, -0.2) is 31.6 Å². The van der Waals surface area contributed by atoms with E-state index in [0.717, 1.165) is 0 Å². The van der Waals surface area contributed by atoms with Gasteiger partial charge in [-0.1, -0.05) is 25.4 Å². The van der Waals surface area contributed by atoms with Crippen LogP contribution >= 0.6 is 11.6 Å². The van der Waals surface area contributed by atoms with Crippen LogP contribution in [0.3, 0.4) is 0 Å². The van der Waals surface area contributed by atoms with Gasteiger partial charge >= 0.3 is 5.97 Å². The number of benzene rings is 2. The average molecular weight is 391 g/mol. The Morgan fingerprint density at radius 1 is 0.963 bits per heavy atom. The first-order valence-electron chi connectivity index (χ1n) is 8.63. The molecule has 6 heteroatoms. The summed E-state index contributed by atoms with van der Waals surface area (Å²) >= 11 is 5.82. The summed E-state index contributed by atoms with van der Waals surface area (Å²) < 4.78 is 16.3. The lowest BCUT2D eigenvalue weighted by atomic mass is 10.1. The molecule has 0 amide bonds. The van der Waals surface area contributed by atoms with Crippen LogP contribution in [0.1, 0.15) is 41.5 Å². The zero-order valence-corrected chi connectivity index (χ0v) is 16.6. The summed E-state index contributed by atoms with van der Waals surface area (Å²) in [5, 5.41) is 0.531. The summed E-state index contributed by atoms with van der Waals surface area (Å²) in [4.78, 5) is 24.8. The normalized spacial score (nSPS) is 11.8. The lowest BCUT2D eigenvalue weighted by Gasteiger charge is -2.15. The Kier molecular flexibility index (Phi) is 7.25. The van der Waals surface area contributed by atoms with Gasteiger partial charge in [0.1, 0.15) is 0 Å². The van der Waals surface area contributed by atoms with Crippen molar-refractivity contribution in [2.45, 2.75) is 26.9 Å². The molecule has 5 nitrogen and oxygen atoms in total. The second-order valence-corrected chi connectivity index (χ2v) is 6.93. The lowest BCUT2D eigenvalue weighted by molar-refractivity contribution is 0.0318. The molecule has 0 aliphatic heterocycles. The minimum Gasteiger partial charge on any atom is -0.493 e. The summed E-state index contributed by atoms with van der Waals surface area (Å²) in [5.41, 5.74) is 0.703. The molecule has 144 valence electrons. The Balaban J connectivity index is 2.08. The zero-order valence-electron chi connectivity index (χ0n) is 15.8. The van der Waals surface area contributed by atoms with Crippen LogP contribution in [0.15, 0.2) is 42.5 Å². The van der Waals surface area contributed by atoms with E-state index in [1.807, 2.05) is 13.8 Å². The van der Waals surface area contributed by atoms with Crippen LogP contribution in [0.25, 0.3) is 0 Å². The van der Waals surface area contributed by atoms with Crippen LogP contribution < -0.4 is 9.47 Å². The van der Waals surface area contributed by atoms with E-state index in [0.29, 0.717) is 34.6 Å². The average Bonchev–Trinajstić information content (AvgIpc) is 2.66. The zero-order chi connectivity index (χ0) is 20.0. The first-order chi connectivity index (χ1) is 12.8. The maximum absolute atomic E-state index is 12.4. The molecule has 0 unspecified atom stereocenters. The number of esters is 1. The van der Waals surface area contributed by atoms with Crippen molar-refractivity contribution in [3.05, 3.63) is 58.6 Å². The number of Topliss-reactive ketones (excluding diaryl/α,β-unsaturated/α-hetero) is 1. The minimum atomic E-state index is -0.929. The maximum atomic E-state index is 12.4. The molecule has 27 heavy (non-hydrogen) atoms. The molecule has 0 saturated carbocycles. The van der Waals surface area contributed by atoms with Crippen molar-refractivity contribution < 1.29 is 23.8 Å². The van der Waals surface area contributed by atoms with Gasteiger partial charge in [-0.3, -0.25) is 4.79 Å². The van der Waals surface area contributed by atoms with Gasteiger partial charge in [0.25, 0.3) is 0 Å². The number of hydrogen-bond donors (Lipinski definition) is 0. The van der Waals surface area contributed by atoms with Gasteiger partial charge < -0.3 is 14.2 Å². The summed E-state index contributed by atoms with van der Waals surface area (Å²) in [6.45, 7) is 6.15. The SMILES string of the molecule is COc1cc(C(=O)O[C@H](C)C(=O)c2ccc(Cl)cc2)ccc1OCC(C)C. The van der Waals surface area contributed by atoms with Crippen LogP contribution in [0.4, 0.5) is 0 Å². The molecular formula is C21H23ClO5. The first-order valence-corrected chi connectivity index (χ1v) is 9.01. The van der Waals surface area contributed by atoms with E-state index in [1.54, 1.807) is 36.4 Å². The third kappa shape index (κ3) is 5.73. The van der Waals surface area contributed by atoms with Crippen molar-refractivity contribution in [1.82, 2.24) is 0 Å². The van der Waals surface area contributed by atoms with Crippen molar-refractivity contribution in [3.63, 3.8) is 0 Å². The molecule has 0 radical (unpaired) electrons. The standard InChI is InChI=1S/C21H23ClO5/c1-13(2)12-26-18-10-7-16(11-19(18)25-4)21(24)27-14(3)20(23)15-5-8-17(22)9-6-15/h5-11,13-14H,12H2,1-4H3/t14-/m1/s1. The monoisotopic (exact) mass is 390 g/mol. The number of methoxy groups -OCH3 is 1. The van der Waals surface area contributed by atoms with E-state index in [-0.39, 0.29) is 11.3 Å². The highest BCUT2D eigenvalue weighted by atomic mass is 35.5. The van der Waals surface area contributed by atoms with Gasteiger partial charge in [-0.15, -0.1) is 0 Å². The fourth-order valence-electron chi connectivity index (χ4n) is 2.30. The predicted molar refractivity (Wildman–Crippen MR) is 104 cm³/mol. The summed E-state index contributed by atoms with van der Waals surface area (Å²) in [5.74, 6) is 0.427. The van der Waals surface area contributed by atoms with Crippen LogP contribution in [-0.2, 0) is 4.74 Å². The van der Waals surface area contributed by atoms with Crippen molar-refractivity contribution in [3.8, 4) is 11.5 Å². The van der Waals surface area contributed by atoms with Gasteiger partial charge in [0.15, 0.2) is 17.6 Å². The molecule has 0 aliphatic carbocycles. The second-order valence-electron chi connectivity index (χ2n) is 6.49. The van der Waals surface area contributed by atoms with E-state index >= 15 is 0 Å². The smallest absolute Gasteiger partial charge is 0.338 e. The highest BCUT2D eigenvalue weighted by molar-refractivity contribution is 6.30. The Morgan fingerprint density at radius 2 is 1.59 bits per heavy atom. The molecule has 0 saturated heterocycles. The number of carbonyl (C=O) groups is 2. The molecule has 2 aromatic carbocycles. The van der Waals surface area contributed by atoms with Gasteiger partial charge in [-0.05, 0) is 55.3 Å². The summed E-state index contributed by atoms with van der Waals surface area (Å²) in [6.07, 6.45) is -0.929. The van der Waals surface area contributed by atoms with E-state index < -0.39 is 12.1 Å². The van der Waals surface area contributed by atoms with Gasteiger partial charge in [-0.2, -0.15) is 0 Å². The molecule has 0 aliphatic rings.